The van der Waals surface area contributed by atoms with E-state index in [9.17, 15) is 9.18 Å². The van der Waals surface area contributed by atoms with Crippen LogP contribution in [0.5, 0.6) is 5.75 Å². The van der Waals surface area contributed by atoms with Crippen molar-refractivity contribution < 1.29 is 18.7 Å². The van der Waals surface area contributed by atoms with Gasteiger partial charge in [-0.15, -0.1) is 0 Å². The summed E-state index contributed by atoms with van der Waals surface area (Å²) in [6.45, 7) is 14.3. The van der Waals surface area contributed by atoms with Gasteiger partial charge in [0, 0.05) is 37.0 Å². The fourth-order valence-corrected chi connectivity index (χ4v) is 4.81. The molecule has 39 heavy (non-hydrogen) atoms. The van der Waals surface area contributed by atoms with Crippen molar-refractivity contribution in [2.45, 2.75) is 73.3 Å². The quantitative estimate of drug-likeness (QED) is 0.310. The molecule has 3 aromatic rings. The van der Waals surface area contributed by atoms with Crippen LogP contribution in [0.25, 0.3) is 11.4 Å². The first-order valence-corrected chi connectivity index (χ1v) is 13.7. The highest BCUT2D eigenvalue weighted by atomic mass is 19.1. The lowest BCUT2D eigenvalue weighted by atomic mass is 9.82. The Morgan fingerprint density at radius 2 is 1.74 bits per heavy atom. The number of nitrogens with zero attached hydrogens (tertiary/aromatic N) is 4. The van der Waals surface area contributed by atoms with E-state index in [-0.39, 0.29) is 29.7 Å². The number of carbonyl (C=O) groups is 1. The first-order valence-electron chi connectivity index (χ1n) is 13.7. The predicted octanol–water partition coefficient (Wildman–Crippen LogP) is 6.04. The summed E-state index contributed by atoms with van der Waals surface area (Å²) in [7, 11) is 0. The highest BCUT2D eigenvalue weighted by Gasteiger charge is 2.30. The summed E-state index contributed by atoms with van der Waals surface area (Å²) in [5.74, 6) is 0.623. The summed E-state index contributed by atoms with van der Waals surface area (Å²) in [6, 6.07) is 6.41. The van der Waals surface area contributed by atoms with Gasteiger partial charge in [-0.05, 0) is 63.6 Å². The number of rotatable bonds is 9. The zero-order valence-electron chi connectivity index (χ0n) is 23.9. The molecule has 0 N–H and O–H groups in total. The van der Waals surface area contributed by atoms with Gasteiger partial charge < -0.3 is 14.4 Å². The number of benzene rings is 1. The van der Waals surface area contributed by atoms with E-state index < -0.39 is 0 Å². The lowest BCUT2D eigenvalue weighted by molar-refractivity contribution is -0.146. The topological polar surface area (TPSA) is 77.4 Å². The van der Waals surface area contributed by atoms with Crippen LogP contribution in [-0.4, -0.2) is 46.7 Å². The number of aromatic nitrogens is 3. The molecule has 0 spiro atoms. The zero-order valence-corrected chi connectivity index (χ0v) is 23.9. The van der Waals surface area contributed by atoms with E-state index in [1.54, 1.807) is 18.3 Å². The molecule has 1 aromatic carbocycles. The molecule has 0 bridgehead atoms. The van der Waals surface area contributed by atoms with Gasteiger partial charge >= 0.3 is 5.97 Å². The lowest BCUT2D eigenvalue weighted by Crippen LogP contribution is -2.38. The van der Waals surface area contributed by atoms with Gasteiger partial charge in [0.05, 0.1) is 42.3 Å². The Hall–Kier alpha value is -3.55. The fourth-order valence-electron chi connectivity index (χ4n) is 4.81. The van der Waals surface area contributed by atoms with E-state index in [1.807, 2.05) is 33.9 Å². The molecule has 0 radical (unpaired) electrons. The second-order valence-electron chi connectivity index (χ2n) is 11.3. The van der Waals surface area contributed by atoms with E-state index in [0.717, 1.165) is 54.0 Å². The molecule has 1 fully saturated rings. The normalized spacial score (nSPS) is 14.9. The van der Waals surface area contributed by atoms with Gasteiger partial charge in [0.2, 0.25) is 0 Å². The lowest BCUT2D eigenvalue weighted by Gasteiger charge is -2.39. The molecular weight excluding hydrogens is 495 g/mol. The molecule has 1 aliphatic rings. The third kappa shape index (κ3) is 7.31. The fraction of sp³-hybridized carbons (Fsp3) is 0.484. The molecule has 1 aliphatic heterocycles. The summed E-state index contributed by atoms with van der Waals surface area (Å²) in [4.78, 5) is 29.2. The van der Waals surface area contributed by atoms with Crippen molar-refractivity contribution >= 4 is 11.7 Å². The highest BCUT2D eigenvalue weighted by Crippen LogP contribution is 2.39. The van der Waals surface area contributed by atoms with Crippen molar-refractivity contribution in [1.82, 2.24) is 15.0 Å². The SMILES string of the molecule is Cc1nc(-c2cnc(C)c(CC(=O)OC(C)C)c2N2CCC(C)(C)CC2)ncc1OCCc1ccc(F)cc1. The van der Waals surface area contributed by atoms with Crippen LogP contribution >= 0.6 is 0 Å². The van der Waals surface area contributed by atoms with Crippen LogP contribution in [0.4, 0.5) is 10.1 Å². The van der Waals surface area contributed by atoms with E-state index >= 15 is 0 Å². The minimum absolute atomic E-state index is 0.143. The number of halogens is 1. The maximum Gasteiger partial charge on any atom is 0.310 e. The molecule has 0 saturated carbocycles. The van der Waals surface area contributed by atoms with Crippen LogP contribution in [-0.2, 0) is 22.4 Å². The molecule has 3 heterocycles. The number of piperidine rings is 1. The van der Waals surface area contributed by atoms with Crippen LogP contribution in [0, 0.1) is 25.1 Å². The van der Waals surface area contributed by atoms with Crippen LogP contribution in [0.2, 0.25) is 0 Å². The van der Waals surface area contributed by atoms with Crippen molar-refractivity contribution in [3.8, 4) is 17.1 Å². The van der Waals surface area contributed by atoms with Crippen LogP contribution in [0.1, 0.15) is 63.1 Å². The maximum atomic E-state index is 13.2. The van der Waals surface area contributed by atoms with Gasteiger partial charge in [0.25, 0.3) is 0 Å². The van der Waals surface area contributed by atoms with Crippen molar-refractivity contribution in [1.29, 1.82) is 0 Å². The minimum atomic E-state index is -0.271. The molecule has 7 nitrogen and oxygen atoms in total. The first-order chi connectivity index (χ1) is 18.5. The Bertz CT molecular complexity index is 1300. The third-order valence-corrected chi connectivity index (χ3v) is 7.22. The highest BCUT2D eigenvalue weighted by molar-refractivity contribution is 5.83. The standard InChI is InChI=1S/C31H39FN4O3/c1-20(2)39-28(37)17-25-21(3)33-18-26(29(25)36-14-12-31(5,6)13-15-36)30-34-19-27(22(4)35-30)38-16-11-23-7-9-24(32)10-8-23/h7-10,18-20H,11-17H2,1-6H3. The van der Waals surface area contributed by atoms with E-state index in [4.69, 9.17) is 14.5 Å². The van der Waals surface area contributed by atoms with Gasteiger partial charge in [0.15, 0.2) is 11.6 Å². The molecule has 0 aliphatic carbocycles. The maximum absolute atomic E-state index is 13.2. The Morgan fingerprint density at radius 1 is 1.05 bits per heavy atom. The molecule has 208 valence electrons. The number of ether oxygens (including phenoxy) is 2. The molecule has 0 amide bonds. The van der Waals surface area contributed by atoms with Gasteiger partial charge in [-0.3, -0.25) is 9.78 Å². The summed E-state index contributed by atoms with van der Waals surface area (Å²) >= 11 is 0. The Balaban J connectivity index is 1.62. The van der Waals surface area contributed by atoms with Crippen molar-refractivity contribution in [3.63, 3.8) is 0 Å². The molecule has 2 aromatic heterocycles. The monoisotopic (exact) mass is 534 g/mol. The van der Waals surface area contributed by atoms with Crippen molar-refractivity contribution in [2.75, 3.05) is 24.6 Å². The molecule has 0 atom stereocenters. The number of anilines is 1. The number of aryl methyl sites for hydroxylation is 2. The average Bonchev–Trinajstić information content (AvgIpc) is 2.87. The van der Waals surface area contributed by atoms with Gasteiger partial charge in [-0.1, -0.05) is 26.0 Å². The van der Waals surface area contributed by atoms with Gasteiger partial charge in [-0.2, -0.15) is 0 Å². The zero-order chi connectivity index (χ0) is 28.2. The van der Waals surface area contributed by atoms with Crippen LogP contribution in [0.3, 0.4) is 0 Å². The number of hydrogen-bond acceptors (Lipinski definition) is 7. The summed E-state index contributed by atoms with van der Waals surface area (Å²) in [5.41, 5.74) is 5.41. The Kier molecular flexibility index (Phi) is 8.83. The van der Waals surface area contributed by atoms with E-state index in [0.29, 0.717) is 30.3 Å². The second-order valence-corrected chi connectivity index (χ2v) is 11.3. The molecular formula is C31H39FN4O3. The Labute approximate surface area is 230 Å². The number of hydrogen-bond donors (Lipinski definition) is 0. The summed E-state index contributed by atoms with van der Waals surface area (Å²) in [5, 5.41) is 0. The molecule has 1 saturated heterocycles. The Morgan fingerprint density at radius 3 is 2.38 bits per heavy atom. The minimum Gasteiger partial charge on any atom is -0.490 e. The summed E-state index contributed by atoms with van der Waals surface area (Å²) < 4.78 is 24.6. The average molecular weight is 535 g/mol. The number of carbonyl (C=O) groups excluding carboxylic acids is 1. The number of esters is 1. The van der Waals surface area contributed by atoms with Gasteiger partial charge in [-0.25, -0.2) is 14.4 Å². The summed E-state index contributed by atoms with van der Waals surface area (Å²) in [6.07, 6.45) is 6.20. The van der Waals surface area contributed by atoms with Crippen molar-refractivity contribution in [2.24, 2.45) is 5.41 Å². The third-order valence-electron chi connectivity index (χ3n) is 7.22. The van der Waals surface area contributed by atoms with E-state index in [2.05, 4.69) is 28.7 Å². The molecule has 4 rings (SSSR count). The van der Waals surface area contributed by atoms with Gasteiger partial charge in [0.1, 0.15) is 5.82 Å². The largest absolute Gasteiger partial charge is 0.490 e. The van der Waals surface area contributed by atoms with Crippen LogP contribution in [0.15, 0.2) is 36.7 Å². The first kappa shape index (κ1) is 28.5. The second kappa shape index (κ2) is 12.1. The van der Waals surface area contributed by atoms with E-state index in [1.165, 1.54) is 12.1 Å². The molecule has 8 heteroatoms. The molecule has 0 unspecified atom stereocenters. The smallest absolute Gasteiger partial charge is 0.310 e. The van der Waals surface area contributed by atoms with Crippen molar-refractivity contribution in [3.05, 3.63) is 65.0 Å². The van der Waals surface area contributed by atoms with Crippen LogP contribution < -0.4 is 9.64 Å². The number of pyridine rings is 1. The predicted molar refractivity (Wildman–Crippen MR) is 150 cm³/mol.